The van der Waals surface area contributed by atoms with Gasteiger partial charge >= 0.3 is 0 Å². The number of nitrogens with zero attached hydrogens (tertiary/aromatic N) is 2. The fourth-order valence-electron chi connectivity index (χ4n) is 2.71. The van der Waals surface area contributed by atoms with Gasteiger partial charge in [0.2, 0.25) is 5.91 Å². The molecule has 2 amide bonds. The molecule has 2 aromatic rings. The summed E-state index contributed by atoms with van der Waals surface area (Å²) in [5.41, 5.74) is 1.44. The van der Waals surface area contributed by atoms with E-state index in [0.717, 1.165) is 10.0 Å². The molecule has 0 saturated carbocycles. The molecule has 0 atom stereocenters. The van der Waals surface area contributed by atoms with E-state index in [2.05, 4.69) is 15.9 Å². The summed E-state index contributed by atoms with van der Waals surface area (Å²) in [6.07, 6.45) is 0. The van der Waals surface area contributed by atoms with E-state index >= 15 is 0 Å². The highest BCUT2D eigenvalue weighted by Crippen LogP contribution is 2.21. The Morgan fingerprint density at radius 1 is 1.04 bits per heavy atom. The molecule has 0 aromatic heterocycles. The lowest BCUT2D eigenvalue weighted by molar-refractivity contribution is -0.131. The summed E-state index contributed by atoms with van der Waals surface area (Å²) in [7, 11) is 1.63. The monoisotopic (exact) mass is 432 g/mol. The number of likely N-dealkylation sites (N-methyl/N-ethyl adjacent to an activating group) is 2. The van der Waals surface area contributed by atoms with Crippen LogP contribution in [0.4, 0.5) is 0 Å². The lowest BCUT2D eigenvalue weighted by Gasteiger charge is -2.23. The van der Waals surface area contributed by atoms with E-state index in [1.165, 1.54) is 4.90 Å². The van der Waals surface area contributed by atoms with Crippen molar-refractivity contribution < 1.29 is 14.3 Å². The second-order valence-electron chi connectivity index (χ2n) is 6.14. The third kappa shape index (κ3) is 5.82. The fraction of sp³-hybridized carbons (Fsp3) is 0.333. The Hall–Kier alpha value is -2.34. The summed E-state index contributed by atoms with van der Waals surface area (Å²) in [6, 6.07) is 14.9. The van der Waals surface area contributed by atoms with Gasteiger partial charge in [-0.3, -0.25) is 9.59 Å². The van der Waals surface area contributed by atoms with Crippen molar-refractivity contribution >= 4 is 27.7 Å². The Morgan fingerprint density at radius 3 is 2.41 bits per heavy atom. The normalized spacial score (nSPS) is 10.4. The molecule has 0 aliphatic carbocycles. The molecule has 0 aliphatic heterocycles. The highest BCUT2D eigenvalue weighted by Gasteiger charge is 2.20. The molecule has 0 spiro atoms. The maximum Gasteiger partial charge on any atom is 0.257 e. The summed E-state index contributed by atoms with van der Waals surface area (Å²) < 4.78 is 6.86. The SMILES string of the molecule is CCN(CC)C(=O)CN(C)C(=O)c1ccccc1OCc1cccc(Br)c1. The van der Waals surface area contributed by atoms with E-state index in [4.69, 9.17) is 4.74 Å². The van der Waals surface area contributed by atoms with Crippen LogP contribution in [0.2, 0.25) is 0 Å². The average molecular weight is 433 g/mol. The zero-order valence-corrected chi connectivity index (χ0v) is 17.5. The molecule has 0 radical (unpaired) electrons. The van der Waals surface area contributed by atoms with Gasteiger partial charge in [0.05, 0.1) is 12.1 Å². The number of amides is 2. The van der Waals surface area contributed by atoms with E-state index in [1.54, 1.807) is 30.1 Å². The van der Waals surface area contributed by atoms with Crippen molar-refractivity contribution in [2.45, 2.75) is 20.5 Å². The standard InChI is InChI=1S/C21H25BrN2O3/c1-4-24(5-2)20(25)14-23(3)21(26)18-11-6-7-12-19(18)27-15-16-9-8-10-17(22)13-16/h6-13H,4-5,14-15H2,1-3H3. The van der Waals surface area contributed by atoms with Crippen LogP contribution in [0.1, 0.15) is 29.8 Å². The zero-order chi connectivity index (χ0) is 19.8. The lowest BCUT2D eigenvalue weighted by atomic mass is 10.1. The zero-order valence-electron chi connectivity index (χ0n) is 15.9. The molecule has 0 fully saturated rings. The van der Waals surface area contributed by atoms with Crippen LogP contribution in [0.25, 0.3) is 0 Å². The number of ether oxygens (including phenoxy) is 1. The Bertz CT molecular complexity index is 791. The van der Waals surface area contributed by atoms with Crippen molar-refractivity contribution in [3.63, 3.8) is 0 Å². The number of hydrogen-bond donors (Lipinski definition) is 0. The van der Waals surface area contributed by atoms with Crippen molar-refractivity contribution in [1.82, 2.24) is 9.80 Å². The maximum absolute atomic E-state index is 12.8. The van der Waals surface area contributed by atoms with Gasteiger partial charge in [0.15, 0.2) is 0 Å². The molecular weight excluding hydrogens is 408 g/mol. The Labute approximate surface area is 169 Å². The number of halogens is 1. The highest BCUT2D eigenvalue weighted by molar-refractivity contribution is 9.10. The van der Waals surface area contributed by atoms with Gasteiger partial charge < -0.3 is 14.5 Å². The quantitative estimate of drug-likeness (QED) is 0.633. The summed E-state index contributed by atoms with van der Waals surface area (Å²) in [6.45, 7) is 5.50. The van der Waals surface area contributed by atoms with Crippen LogP contribution in [0.5, 0.6) is 5.75 Å². The second kappa shape index (κ2) is 10.1. The van der Waals surface area contributed by atoms with E-state index < -0.39 is 0 Å². The number of rotatable bonds is 8. The summed E-state index contributed by atoms with van der Waals surface area (Å²) in [5.74, 6) is 0.202. The molecule has 6 heteroatoms. The molecule has 0 N–H and O–H groups in total. The van der Waals surface area contributed by atoms with Gasteiger partial charge in [-0.15, -0.1) is 0 Å². The highest BCUT2D eigenvalue weighted by atomic mass is 79.9. The molecule has 0 bridgehead atoms. The summed E-state index contributed by atoms with van der Waals surface area (Å²) in [4.78, 5) is 28.2. The largest absolute Gasteiger partial charge is 0.488 e. The number of carbonyl (C=O) groups excluding carboxylic acids is 2. The van der Waals surface area contributed by atoms with Crippen LogP contribution in [-0.2, 0) is 11.4 Å². The molecule has 0 saturated heterocycles. The number of para-hydroxylation sites is 1. The third-order valence-corrected chi connectivity index (χ3v) is 4.73. The first-order valence-corrected chi connectivity index (χ1v) is 9.75. The predicted molar refractivity (Wildman–Crippen MR) is 110 cm³/mol. The fourth-order valence-corrected chi connectivity index (χ4v) is 3.16. The van der Waals surface area contributed by atoms with E-state index in [9.17, 15) is 9.59 Å². The lowest BCUT2D eigenvalue weighted by Crippen LogP contribution is -2.41. The van der Waals surface area contributed by atoms with Crippen molar-refractivity contribution in [2.75, 3.05) is 26.7 Å². The smallest absolute Gasteiger partial charge is 0.257 e. The summed E-state index contributed by atoms with van der Waals surface area (Å²) in [5, 5.41) is 0. The Kier molecular flexibility index (Phi) is 7.85. The number of carbonyl (C=O) groups is 2. The topological polar surface area (TPSA) is 49.9 Å². The van der Waals surface area contributed by atoms with Gasteiger partial charge in [0.1, 0.15) is 12.4 Å². The first kappa shape index (κ1) is 21.0. The van der Waals surface area contributed by atoms with Gasteiger partial charge in [-0.1, -0.05) is 40.2 Å². The molecule has 144 valence electrons. The van der Waals surface area contributed by atoms with Crippen molar-refractivity contribution in [1.29, 1.82) is 0 Å². The Morgan fingerprint density at radius 2 is 1.74 bits per heavy atom. The average Bonchev–Trinajstić information content (AvgIpc) is 2.67. The maximum atomic E-state index is 12.8. The van der Waals surface area contributed by atoms with Gasteiger partial charge in [-0.25, -0.2) is 0 Å². The van der Waals surface area contributed by atoms with Crippen molar-refractivity contribution in [2.24, 2.45) is 0 Å². The molecular formula is C21H25BrN2O3. The van der Waals surface area contributed by atoms with Crippen LogP contribution < -0.4 is 4.74 Å². The van der Waals surface area contributed by atoms with E-state index in [0.29, 0.717) is 31.0 Å². The third-order valence-electron chi connectivity index (χ3n) is 4.24. The van der Waals surface area contributed by atoms with E-state index in [-0.39, 0.29) is 18.4 Å². The van der Waals surface area contributed by atoms with Gasteiger partial charge in [0.25, 0.3) is 5.91 Å². The van der Waals surface area contributed by atoms with Crippen molar-refractivity contribution in [3.8, 4) is 5.75 Å². The second-order valence-corrected chi connectivity index (χ2v) is 7.06. The first-order chi connectivity index (χ1) is 13.0. The van der Waals surface area contributed by atoms with Crippen LogP contribution in [0.15, 0.2) is 53.0 Å². The predicted octanol–water partition coefficient (Wildman–Crippen LogP) is 3.97. The molecule has 27 heavy (non-hydrogen) atoms. The summed E-state index contributed by atoms with van der Waals surface area (Å²) >= 11 is 3.44. The number of hydrogen-bond acceptors (Lipinski definition) is 3. The molecule has 0 unspecified atom stereocenters. The number of benzene rings is 2. The molecule has 0 heterocycles. The first-order valence-electron chi connectivity index (χ1n) is 8.95. The minimum Gasteiger partial charge on any atom is -0.488 e. The minimum atomic E-state index is -0.236. The van der Waals surface area contributed by atoms with Crippen LogP contribution in [0.3, 0.4) is 0 Å². The molecule has 2 rings (SSSR count). The van der Waals surface area contributed by atoms with E-state index in [1.807, 2.05) is 44.2 Å². The molecule has 2 aromatic carbocycles. The molecule has 0 aliphatic rings. The van der Waals surface area contributed by atoms with Crippen LogP contribution >= 0.6 is 15.9 Å². The molecule has 5 nitrogen and oxygen atoms in total. The van der Waals surface area contributed by atoms with Crippen LogP contribution in [-0.4, -0.2) is 48.3 Å². The Balaban J connectivity index is 2.09. The van der Waals surface area contributed by atoms with Crippen molar-refractivity contribution in [3.05, 3.63) is 64.1 Å². The minimum absolute atomic E-state index is 0.0421. The van der Waals surface area contributed by atoms with Gasteiger partial charge in [-0.05, 0) is 43.7 Å². The van der Waals surface area contributed by atoms with Gasteiger partial charge in [-0.2, -0.15) is 0 Å². The van der Waals surface area contributed by atoms with Crippen LogP contribution in [0, 0.1) is 0 Å². The van der Waals surface area contributed by atoms with Gasteiger partial charge in [0, 0.05) is 24.6 Å².